The van der Waals surface area contributed by atoms with Crippen LogP contribution in [0.3, 0.4) is 0 Å². The Labute approximate surface area is 190 Å². The molecule has 11 heteroatoms. The third-order valence-electron chi connectivity index (χ3n) is 5.32. The minimum Gasteiger partial charge on any atom is -0.497 e. The average Bonchev–Trinajstić information content (AvgIpc) is 3.48. The molecular formula is C22H25N5O6. The van der Waals surface area contributed by atoms with E-state index in [0.717, 1.165) is 0 Å². The molecular weight excluding hydrogens is 430 g/mol. The first-order valence-electron chi connectivity index (χ1n) is 10.4. The van der Waals surface area contributed by atoms with Crippen LogP contribution in [0.25, 0.3) is 11.3 Å². The molecule has 0 aliphatic carbocycles. The van der Waals surface area contributed by atoms with Crippen molar-refractivity contribution in [1.29, 1.82) is 0 Å². The molecule has 0 radical (unpaired) electrons. The minimum absolute atomic E-state index is 0.184. The van der Waals surface area contributed by atoms with E-state index in [-0.39, 0.29) is 24.1 Å². The summed E-state index contributed by atoms with van der Waals surface area (Å²) < 4.78 is 21.0. The molecule has 0 atom stereocenters. The first-order chi connectivity index (χ1) is 16.0. The second-order valence-electron chi connectivity index (χ2n) is 7.58. The molecule has 0 saturated carbocycles. The third kappa shape index (κ3) is 5.14. The summed E-state index contributed by atoms with van der Waals surface area (Å²) in [6.45, 7) is 4.03. The first-order valence-corrected chi connectivity index (χ1v) is 10.4. The van der Waals surface area contributed by atoms with Crippen molar-refractivity contribution in [2.45, 2.75) is 6.92 Å². The summed E-state index contributed by atoms with van der Waals surface area (Å²) in [6, 6.07) is 8.55. The maximum Gasteiger partial charge on any atom is 0.276 e. The highest BCUT2D eigenvalue weighted by molar-refractivity contribution is 5.93. The molecule has 33 heavy (non-hydrogen) atoms. The monoisotopic (exact) mass is 455 g/mol. The summed E-state index contributed by atoms with van der Waals surface area (Å²) in [5.74, 6) is 2.23. The third-order valence-corrected chi connectivity index (χ3v) is 5.32. The topological polar surface area (TPSA) is 123 Å². The molecule has 1 N–H and O–H groups in total. The van der Waals surface area contributed by atoms with Crippen LogP contribution in [0.15, 0.2) is 39.4 Å². The van der Waals surface area contributed by atoms with E-state index in [1.807, 2.05) is 4.90 Å². The lowest BCUT2D eigenvalue weighted by Gasteiger charge is -2.33. The number of aromatic nitrogens is 2. The van der Waals surface area contributed by atoms with Crippen LogP contribution in [0.4, 0.5) is 5.82 Å². The van der Waals surface area contributed by atoms with Gasteiger partial charge in [-0.15, -0.1) is 0 Å². The van der Waals surface area contributed by atoms with Gasteiger partial charge in [0.05, 0.1) is 26.3 Å². The number of piperazine rings is 1. The summed E-state index contributed by atoms with van der Waals surface area (Å²) in [5, 5.41) is 10.4. The van der Waals surface area contributed by atoms with Crippen LogP contribution >= 0.6 is 0 Å². The van der Waals surface area contributed by atoms with Gasteiger partial charge >= 0.3 is 0 Å². The normalized spacial score (nSPS) is 14.2. The van der Waals surface area contributed by atoms with E-state index >= 15 is 0 Å². The van der Waals surface area contributed by atoms with Crippen LogP contribution in [0, 0.1) is 6.92 Å². The van der Waals surface area contributed by atoms with Gasteiger partial charge in [0.25, 0.3) is 5.91 Å². The van der Waals surface area contributed by atoms with E-state index in [2.05, 4.69) is 15.6 Å². The maximum atomic E-state index is 12.9. The molecule has 1 saturated heterocycles. The van der Waals surface area contributed by atoms with Gasteiger partial charge in [-0.05, 0) is 25.1 Å². The Hall–Kier alpha value is -3.86. The number of carbonyl (C=O) groups excluding carboxylic acids is 2. The van der Waals surface area contributed by atoms with Gasteiger partial charge in [-0.25, -0.2) is 0 Å². The van der Waals surface area contributed by atoms with E-state index < -0.39 is 0 Å². The largest absolute Gasteiger partial charge is 0.497 e. The van der Waals surface area contributed by atoms with Gasteiger partial charge in [-0.1, -0.05) is 10.3 Å². The molecule has 1 aliphatic rings. The van der Waals surface area contributed by atoms with Crippen molar-refractivity contribution >= 4 is 17.6 Å². The highest BCUT2D eigenvalue weighted by Crippen LogP contribution is 2.34. The number of benzene rings is 1. The fraction of sp³-hybridized carbons (Fsp3) is 0.364. The molecule has 3 aromatic rings. The molecule has 11 nitrogen and oxygen atoms in total. The highest BCUT2D eigenvalue weighted by Gasteiger charge is 2.26. The number of ether oxygens (including phenoxy) is 2. The zero-order valence-corrected chi connectivity index (χ0v) is 18.7. The molecule has 174 valence electrons. The Bertz CT molecular complexity index is 1130. The van der Waals surface area contributed by atoms with E-state index in [1.165, 1.54) is 0 Å². The Kier molecular flexibility index (Phi) is 6.59. The summed E-state index contributed by atoms with van der Waals surface area (Å²) in [4.78, 5) is 28.8. The van der Waals surface area contributed by atoms with Crippen molar-refractivity contribution in [3.05, 3.63) is 41.8 Å². The Morgan fingerprint density at radius 1 is 1.03 bits per heavy atom. The van der Waals surface area contributed by atoms with E-state index in [9.17, 15) is 9.59 Å². The molecule has 1 aliphatic heterocycles. The van der Waals surface area contributed by atoms with Gasteiger partial charge < -0.3 is 28.7 Å². The molecule has 4 rings (SSSR count). The van der Waals surface area contributed by atoms with Crippen LogP contribution < -0.4 is 14.8 Å². The quantitative estimate of drug-likeness (QED) is 0.570. The smallest absolute Gasteiger partial charge is 0.276 e. The molecule has 2 amide bonds. The van der Waals surface area contributed by atoms with Crippen molar-refractivity contribution < 1.29 is 28.1 Å². The summed E-state index contributed by atoms with van der Waals surface area (Å²) in [7, 11) is 3.12. The molecule has 0 bridgehead atoms. The number of rotatable bonds is 7. The number of nitrogens with zero attached hydrogens (tertiary/aromatic N) is 4. The summed E-state index contributed by atoms with van der Waals surface area (Å²) in [6.07, 6.45) is 0. The standard InChI is InChI=1S/C22H25N5O6/c1-14-10-20(25-32-14)23-21(28)13-26-6-8-27(9-7-26)22(29)17-12-19(33-24-17)16-11-15(30-2)4-5-18(16)31-3/h4-5,10-12H,6-9,13H2,1-3H3,(H,23,25,28). The zero-order valence-electron chi connectivity index (χ0n) is 18.7. The fourth-order valence-electron chi connectivity index (χ4n) is 3.59. The molecule has 3 heterocycles. The minimum atomic E-state index is -0.228. The van der Waals surface area contributed by atoms with Crippen molar-refractivity contribution in [2.75, 3.05) is 52.3 Å². The van der Waals surface area contributed by atoms with Crippen LogP contribution in [-0.4, -0.2) is 78.9 Å². The van der Waals surface area contributed by atoms with Gasteiger partial charge in [-0.2, -0.15) is 0 Å². The van der Waals surface area contributed by atoms with Crippen molar-refractivity contribution in [3.63, 3.8) is 0 Å². The van der Waals surface area contributed by atoms with Gasteiger partial charge in [0.2, 0.25) is 5.91 Å². The Balaban J connectivity index is 1.34. The van der Waals surface area contributed by atoms with E-state index in [0.29, 0.717) is 60.6 Å². The highest BCUT2D eigenvalue weighted by atomic mass is 16.5. The SMILES string of the molecule is COc1ccc(OC)c(-c2cc(C(=O)N3CCN(CC(=O)Nc4cc(C)on4)CC3)no2)c1. The summed E-state index contributed by atoms with van der Waals surface area (Å²) >= 11 is 0. The van der Waals surface area contributed by atoms with Gasteiger partial charge in [0.1, 0.15) is 17.3 Å². The number of methoxy groups -OCH3 is 2. The Morgan fingerprint density at radius 2 is 1.82 bits per heavy atom. The van der Waals surface area contributed by atoms with Gasteiger partial charge in [-0.3, -0.25) is 14.5 Å². The number of nitrogens with one attached hydrogen (secondary N) is 1. The lowest BCUT2D eigenvalue weighted by Crippen LogP contribution is -2.50. The van der Waals surface area contributed by atoms with Crippen molar-refractivity contribution in [1.82, 2.24) is 20.1 Å². The molecule has 1 fully saturated rings. The zero-order chi connectivity index (χ0) is 23.4. The number of anilines is 1. The number of hydrogen-bond acceptors (Lipinski definition) is 9. The molecule has 2 aromatic heterocycles. The second kappa shape index (κ2) is 9.74. The van der Waals surface area contributed by atoms with Crippen molar-refractivity contribution in [2.24, 2.45) is 0 Å². The number of hydrogen-bond donors (Lipinski definition) is 1. The average molecular weight is 455 g/mol. The number of carbonyl (C=O) groups is 2. The van der Waals surface area contributed by atoms with Crippen LogP contribution in [0.1, 0.15) is 16.2 Å². The van der Waals surface area contributed by atoms with E-state index in [1.54, 1.807) is 56.4 Å². The summed E-state index contributed by atoms with van der Waals surface area (Å²) in [5.41, 5.74) is 0.851. The van der Waals surface area contributed by atoms with E-state index in [4.69, 9.17) is 18.5 Å². The molecule has 1 aromatic carbocycles. The first kappa shape index (κ1) is 22.3. The predicted molar refractivity (Wildman–Crippen MR) is 117 cm³/mol. The second-order valence-corrected chi connectivity index (χ2v) is 7.58. The number of aryl methyl sites for hydroxylation is 1. The molecule has 0 unspecified atom stereocenters. The van der Waals surface area contributed by atoms with Crippen molar-refractivity contribution in [3.8, 4) is 22.8 Å². The van der Waals surface area contributed by atoms with Gasteiger partial charge in [0.15, 0.2) is 17.3 Å². The maximum absolute atomic E-state index is 12.9. The predicted octanol–water partition coefficient (Wildman–Crippen LogP) is 2.05. The van der Waals surface area contributed by atoms with Crippen LogP contribution in [0.5, 0.6) is 11.5 Å². The van der Waals surface area contributed by atoms with Crippen LogP contribution in [-0.2, 0) is 4.79 Å². The van der Waals surface area contributed by atoms with Crippen LogP contribution in [0.2, 0.25) is 0 Å². The molecule has 0 spiro atoms. The lowest BCUT2D eigenvalue weighted by atomic mass is 10.1. The Morgan fingerprint density at radius 3 is 2.48 bits per heavy atom. The van der Waals surface area contributed by atoms with Gasteiger partial charge in [0, 0.05) is 38.3 Å². The fourth-order valence-corrected chi connectivity index (χ4v) is 3.59. The lowest BCUT2D eigenvalue weighted by molar-refractivity contribution is -0.117. The number of amides is 2.